The van der Waals surface area contributed by atoms with E-state index in [0.29, 0.717) is 24.2 Å². The number of ether oxygens (including phenoxy) is 1. The number of ketones is 1. The number of carbonyl (C=O) groups excluding carboxylic acids is 1. The number of Topliss-reactive ketones (excluding diaryl/α,β-unsaturated/α-hetero) is 1. The monoisotopic (exact) mass is 352 g/mol. The molecule has 2 nitrogen and oxygen atoms in total. The van der Waals surface area contributed by atoms with Gasteiger partial charge < -0.3 is 4.74 Å². The van der Waals surface area contributed by atoms with Crippen molar-refractivity contribution in [1.82, 2.24) is 0 Å². The van der Waals surface area contributed by atoms with E-state index in [1.807, 2.05) is 0 Å². The molecule has 21 heavy (non-hydrogen) atoms. The zero-order valence-electron chi connectivity index (χ0n) is 11.0. The summed E-state index contributed by atoms with van der Waals surface area (Å²) < 4.78 is 33.3. The van der Waals surface area contributed by atoms with Crippen molar-refractivity contribution in [2.45, 2.75) is 19.4 Å². The summed E-state index contributed by atoms with van der Waals surface area (Å²) in [5, 5.41) is 0. The van der Waals surface area contributed by atoms with Crippen molar-refractivity contribution in [3.8, 4) is 5.75 Å². The lowest BCUT2D eigenvalue weighted by Crippen LogP contribution is -2.04. The first kappa shape index (κ1) is 14.2. The number of benzene rings is 2. The van der Waals surface area contributed by atoms with Crippen LogP contribution in [0.4, 0.5) is 8.78 Å². The van der Waals surface area contributed by atoms with Crippen molar-refractivity contribution in [3.05, 3.63) is 63.1 Å². The van der Waals surface area contributed by atoms with Crippen molar-refractivity contribution in [2.24, 2.45) is 0 Å². The second-order valence-corrected chi connectivity index (χ2v) is 5.67. The minimum atomic E-state index is -0.668. The first-order valence-corrected chi connectivity index (χ1v) is 7.27. The highest BCUT2D eigenvalue weighted by Crippen LogP contribution is 2.31. The summed E-state index contributed by atoms with van der Waals surface area (Å²) in [5.41, 5.74) is 1.33. The summed E-state index contributed by atoms with van der Waals surface area (Å²) >= 11 is 3.02. The standard InChI is InChI=1S/C16H11BrF2O2/c17-12-5-6-13(18)11(16(12)19)8-21-15-3-1-2-9-10(15)4-7-14(9)20/h1-3,5-6H,4,7-8H2. The fraction of sp³-hybridized carbons (Fsp3) is 0.188. The second-order valence-electron chi connectivity index (χ2n) is 4.82. The first-order valence-electron chi connectivity index (χ1n) is 6.48. The maximum Gasteiger partial charge on any atom is 0.163 e. The van der Waals surface area contributed by atoms with Gasteiger partial charge >= 0.3 is 0 Å². The van der Waals surface area contributed by atoms with Crippen molar-refractivity contribution in [3.63, 3.8) is 0 Å². The van der Waals surface area contributed by atoms with Crippen LogP contribution in [0.3, 0.4) is 0 Å². The topological polar surface area (TPSA) is 26.3 Å². The van der Waals surface area contributed by atoms with Crippen LogP contribution >= 0.6 is 15.9 Å². The molecule has 1 aliphatic carbocycles. The van der Waals surface area contributed by atoms with Crippen LogP contribution in [0.25, 0.3) is 0 Å². The lowest BCUT2D eigenvalue weighted by Gasteiger charge is -2.12. The van der Waals surface area contributed by atoms with Crippen molar-refractivity contribution < 1.29 is 18.3 Å². The van der Waals surface area contributed by atoms with Gasteiger partial charge in [-0.15, -0.1) is 0 Å². The molecule has 1 aliphatic rings. The van der Waals surface area contributed by atoms with Gasteiger partial charge in [-0.25, -0.2) is 8.78 Å². The number of fused-ring (bicyclic) bond motifs is 1. The van der Waals surface area contributed by atoms with Crippen LogP contribution in [-0.2, 0) is 13.0 Å². The Morgan fingerprint density at radius 3 is 2.76 bits per heavy atom. The van der Waals surface area contributed by atoms with Gasteiger partial charge in [-0.2, -0.15) is 0 Å². The smallest absolute Gasteiger partial charge is 0.163 e. The normalized spacial score (nSPS) is 13.4. The van der Waals surface area contributed by atoms with Crippen molar-refractivity contribution in [2.75, 3.05) is 0 Å². The number of hydrogen-bond acceptors (Lipinski definition) is 2. The summed E-state index contributed by atoms with van der Waals surface area (Å²) in [5.74, 6) is -0.731. The Morgan fingerprint density at radius 2 is 1.95 bits per heavy atom. The van der Waals surface area contributed by atoms with E-state index in [1.54, 1.807) is 18.2 Å². The fourth-order valence-electron chi connectivity index (χ4n) is 2.44. The summed E-state index contributed by atoms with van der Waals surface area (Å²) in [6.45, 7) is -0.220. The number of halogens is 3. The molecule has 0 aromatic heterocycles. The van der Waals surface area contributed by atoms with Crippen LogP contribution in [0.1, 0.15) is 27.9 Å². The first-order chi connectivity index (χ1) is 10.1. The SMILES string of the molecule is O=C1CCc2c(OCc3c(F)ccc(Br)c3F)cccc21. The molecule has 0 atom stereocenters. The predicted octanol–water partition coefficient (Wildman–Crippen LogP) is 4.44. The van der Waals surface area contributed by atoms with Gasteiger partial charge in [-0.05, 0) is 40.5 Å². The van der Waals surface area contributed by atoms with E-state index in [4.69, 9.17) is 4.74 Å². The highest BCUT2D eigenvalue weighted by molar-refractivity contribution is 9.10. The van der Waals surface area contributed by atoms with Gasteiger partial charge in [0, 0.05) is 17.5 Å². The minimum absolute atomic E-state index is 0.0790. The Bertz CT molecular complexity index is 728. The summed E-state index contributed by atoms with van der Waals surface area (Å²) in [7, 11) is 0. The molecule has 0 unspecified atom stereocenters. The summed E-state index contributed by atoms with van der Waals surface area (Å²) in [4.78, 5) is 11.7. The van der Waals surface area contributed by atoms with Gasteiger partial charge in [0.25, 0.3) is 0 Å². The third-order valence-corrected chi connectivity index (χ3v) is 4.16. The molecule has 0 radical (unpaired) electrons. The Labute approximate surface area is 128 Å². The van der Waals surface area contributed by atoms with Crippen LogP contribution < -0.4 is 4.74 Å². The molecular formula is C16H11BrF2O2. The van der Waals surface area contributed by atoms with Gasteiger partial charge in [0.15, 0.2) is 5.78 Å². The van der Waals surface area contributed by atoms with Gasteiger partial charge in [0.1, 0.15) is 24.0 Å². The zero-order chi connectivity index (χ0) is 15.0. The molecule has 0 N–H and O–H groups in total. The highest BCUT2D eigenvalue weighted by Gasteiger charge is 2.23. The van der Waals surface area contributed by atoms with E-state index in [-0.39, 0.29) is 22.4 Å². The average molecular weight is 353 g/mol. The summed E-state index contributed by atoms with van der Waals surface area (Å²) in [6, 6.07) is 7.67. The molecule has 0 amide bonds. The Kier molecular flexibility index (Phi) is 3.76. The van der Waals surface area contributed by atoms with Crippen molar-refractivity contribution in [1.29, 1.82) is 0 Å². The molecule has 2 aromatic carbocycles. The molecular weight excluding hydrogens is 342 g/mol. The van der Waals surface area contributed by atoms with E-state index in [0.717, 1.165) is 5.56 Å². The van der Waals surface area contributed by atoms with Gasteiger partial charge in [0.05, 0.1) is 10.0 Å². The number of hydrogen-bond donors (Lipinski definition) is 0. The summed E-state index contributed by atoms with van der Waals surface area (Å²) in [6.07, 6.45) is 1.06. The van der Waals surface area contributed by atoms with Crippen LogP contribution in [0.2, 0.25) is 0 Å². The highest BCUT2D eigenvalue weighted by atomic mass is 79.9. The van der Waals surface area contributed by atoms with Gasteiger partial charge in [-0.3, -0.25) is 4.79 Å². The molecule has 3 rings (SSSR count). The third kappa shape index (κ3) is 2.58. The lowest BCUT2D eigenvalue weighted by atomic mass is 10.1. The largest absolute Gasteiger partial charge is 0.488 e. The van der Waals surface area contributed by atoms with E-state index in [1.165, 1.54) is 12.1 Å². The third-order valence-electron chi connectivity index (χ3n) is 3.55. The molecule has 0 aliphatic heterocycles. The quantitative estimate of drug-likeness (QED) is 0.763. The van der Waals surface area contributed by atoms with Crippen molar-refractivity contribution >= 4 is 21.7 Å². The number of rotatable bonds is 3. The molecule has 0 saturated carbocycles. The predicted molar refractivity (Wildman–Crippen MR) is 77.5 cm³/mol. The molecule has 108 valence electrons. The lowest BCUT2D eigenvalue weighted by molar-refractivity contribution is 0.0994. The average Bonchev–Trinajstić information content (AvgIpc) is 2.86. The van der Waals surface area contributed by atoms with Crippen LogP contribution in [0.5, 0.6) is 5.75 Å². The molecule has 0 saturated heterocycles. The minimum Gasteiger partial charge on any atom is -0.488 e. The van der Waals surface area contributed by atoms with Crippen LogP contribution in [-0.4, -0.2) is 5.78 Å². The Hall–Kier alpha value is -1.75. The molecule has 0 bridgehead atoms. The maximum atomic E-state index is 13.9. The van der Waals surface area contributed by atoms with Crippen LogP contribution in [0, 0.1) is 11.6 Å². The molecule has 2 aromatic rings. The van der Waals surface area contributed by atoms with E-state index in [2.05, 4.69) is 15.9 Å². The molecule has 0 fully saturated rings. The molecule has 0 heterocycles. The maximum absolute atomic E-state index is 13.9. The van der Waals surface area contributed by atoms with Gasteiger partial charge in [-0.1, -0.05) is 12.1 Å². The fourth-order valence-corrected chi connectivity index (χ4v) is 2.82. The number of carbonyl (C=O) groups is 1. The Morgan fingerprint density at radius 1 is 1.14 bits per heavy atom. The molecule has 0 spiro atoms. The van der Waals surface area contributed by atoms with Crippen LogP contribution in [0.15, 0.2) is 34.8 Å². The van der Waals surface area contributed by atoms with E-state index >= 15 is 0 Å². The second kappa shape index (κ2) is 5.56. The van der Waals surface area contributed by atoms with Gasteiger partial charge in [0.2, 0.25) is 0 Å². The Balaban J connectivity index is 1.87. The zero-order valence-corrected chi connectivity index (χ0v) is 12.5. The van der Waals surface area contributed by atoms with E-state index in [9.17, 15) is 13.6 Å². The molecule has 5 heteroatoms. The van der Waals surface area contributed by atoms with E-state index < -0.39 is 11.6 Å².